The minimum Gasteiger partial charge on any atom is -0.481 e. The number of carboxylic acids is 1. The van der Waals surface area contributed by atoms with Gasteiger partial charge in [-0.25, -0.2) is 0 Å². The number of amides is 1. The topological polar surface area (TPSA) is 66.4 Å². The van der Waals surface area contributed by atoms with E-state index in [0.29, 0.717) is 0 Å². The third kappa shape index (κ3) is 6.40. The van der Waals surface area contributed by atoms with Gasteiger partial charge in [-0.05, 0) is 12.3 Å². The molecule has 0 aromatic rings. The molecule has 5 heteroatoms. The summed E-state index contributed by atoms with van der Waals surface area (Å²) in [5.41, 5.74) is 0. The van der Waals surface area contributed by atoms with Gasteiger partial charge in [0.15, 0.2) is 0 Å². The van der Waals surface area contributed by atoms with E-state index in [2.05, 4.69) is 0 Å². The molecule has 0 spiro atoms. The number of nitrogens with one attached hydrogen (secondary N) is 1. The molecule has 0 aliphatic rings. The molecule has 0 radical (unpaired) electrons. The molecule has 1 atom stereocenters. The van der Waals surface area contributed by atoms with E-state index in [-0.39, 0.29) is 24.7 Å². The van der Waals surface area contributed by atoms with Gasteiger partial charge >= 0.3 is 5.97 Å². The van der Waals surface area contributed by atoms with Crippen molar-refractivity contribution in [2.45, 2.75) is 32.6 Å². The summed E-state index contributed by atoms with van der Waals surface area (Å²) in [5.74, 6) is -1.30. The Hall–Kier alpha value is -0.770. The number of rotatable bonds is 6. The molecule has 4 nitrogen and oxygen atoms in total. The highest BCUT2D eigenvalue weighted by molar-refractivity contribution is 6.21. The van der Waals surface area contributed by atoms with Gasteiger partial charge in [0.2, 0.25) is 5.91 Å². The molecule has 76 valence electrons. The number of carbonyl (C=O) groups excluding carboxylic acids is 1. The molecule has 0 fully saturated rings. The van der Waals surface area contributed by atoms with E-state index in [1.54, 1.807) is 0 Å². The van der Waals surface area contributed by atoms with Crippen LogP contribution in [0.1, 0.15) is 32.6 Å². The Labute approximate surface area is 82.4 Å². The summed E-state index contributed by atoms with van der Waals surface area (Å²) in [6.45, 7) is 1.95. The normalized spacial score (nSPS) is 12.2. The van der Waals surface area contributed by atoms with Crippen LogP contribution in [0.4, 0.5) is 0 Å². The van der Waals surface area contributed by atoms with Crippen molar-refractivity contribution < 1.29 is 14.7 Å². The molecular weight excluding hydrogens is 194 g/mol. The Balaban J connectivity index is 3.93. The van der Waals surface area contributed by atoms with Gasteiger partial charge in [0, 0.05) is 24.6 Å². The fraction of sp³-hybridized carbons (Fsp3) is 0.750. The Morgan fingerprint density at radius 1 is 1.46 bits per heavy atom. The minimum atomic E-state index is -0.874. The summed E-state index contributed by atoms with van der Waals surface area (Å²) in [5, 5.41) is 8.53. The smallest absolute Gasteiger partial charge is 0.303 e. The first-order chi connectivity index (χ1) is 6.10. The van der Waals surface area contributed by atoms with Crippen LogP contribution in [0.15, 0.2) is 0 Å². The van der Waals surface area contributed by atoms with Crippen LogP contribution in [0.25, 0.3) is 0 Å². The quantitative estimate of drug-likeness (QED) is 0.650. The first-order valence-corrected chi connectivity index (χ1v) is 4.59. The van der Waals surface area contributed by atoms with E-state index in [9.17, 15) is 9.59 Å². The summed E-state index contributed by atoms with van der Waals surface area (Å²) >= 11 is 5.09. The van der Waals surface area contributed by atoms with E-state index in [0.717, 1.165) is 12.8 Å². The second-order valence-corrected chi connectivity index (χ2v) is 3.16. The predicted molar refractivity (Wildman–Crippen MR) is 49.3 cm³/mol. The van der Waals surface area contributed by atoms with E-state index >= 15 is 0 Å². The van der Waals surface area contributed by atoms with Crippen LogP contribution in [0.3, 0.4) is 0 Å². The first-order valence-electron chi connectivity index (χ1n) is 4.21. The van der Waals surface area contributed by atoms with Crippen LogP contribution < -0.4 is 4.84 Å². The molecule has 0 bridgehead atoms. The lowest BCUT2D eigenvalue weighted by molar-refractivity contribution is -0.138. The molecule has 13 heavy (non-hydrogen) atoms. The molecule has 0 aromatic carbocycles. The number of hydrogen-bond donors (Lipinski definition) is 2. The molecule has 0 aliphatic heterocycles. The van der Waals surface area contributed by atoms with Crippen molar-refractivity contribution in [3.05, 3.63) is 0 Å². The Kier molecular flexibility index (Phi) is 6.32. The maximum Gasteiger partial charge on any atom is 0.303 e. The average Bonchev–Trinajstić information content (AvgIpc) is 2.03. The van der Waals surface area contributed by atoms with Crippen LogP contribution in [0.5, 0.6) is 0 Å². The second kappa shape index (κ2) is 6.71. The molecule has 1 amide bonds. The third-order valence-corrected chi connectivity index (χ3v) is 1.95. The molecule has 0 aromatic heterocycles. The standard InChI is InChI=1S/C8H14ClNO3/c1-2-3-6(5-8(12)13)4-7(11)10-9/h6H,2-5H2,1H3,(H,10,11)(H,12,13)/t6-/m1/s1. The zero-order chi connectivity index (χ0) is 10.3. The molecule has 0 heterocycles. The number of halogens is 1. The highest BCUT2D eigenvalue weighted by atomic mass is 35.5. The second-order valence-electron chi connectivity index (χ2n) is 2.97. The molecule has 2 N–H and O–H groups in total. The van der Waals surface area contributed by atoms with E-state index in [1.165, 1.54) is 0 Å². The number of aliphatic carboxylic acids is 1. The van der Waals surface area contributed by atoms with Crippen LogP contribution in [0, 0.1) is 5.92 Å². The van der Waals surface area contributed by atoms with Crippen molar-refractivity contribution in [1.29, 1.82) is 0 Å². The fourth-order valence-corrected chi connectivity index (χ4v) is 1.31. The van der Waals surface area contributed by atoms with Gasteiger partial charge in [0.05, 0.1) is 0 Å². The maximum absolute atomic E-state index is 10.8. The Bertz CT molecular complexity index is 184. The van der Waals surface area contributed by atoms with Crippen molar-refractivity contribution >= 4 is 23.7 Å². The molecular formula is C8H14ClNO3. The van der Waals surface area contributed by atoms with Gasteiger partial charge in [-0.1, -0.05) is 13.3 Å². The van der Waals surface area contributed by atoms with Gasteiger partial charge in [-0.2, -0.15) is 0 Å². The summed E-state index contributed by atoms with van der Waals surface area (Å²) in [7, 11) is 0. The van der Waals surface area contributed by atoms with Gasteiger partial charge in [-0.15, -0.1) is 0 Å². The summed E-state index contributed by atoms with van der Waals surface area (Å²) in [6.07, 6.45) is 1.81. The van der Waals surface area contributed by atoms with Crippen molar-refractivity contribution in [1.82, 2.24) is 4.84 Å². The third-order valence-electron chi connectivity index (χ3n) is 1.74. The molecule has 0 saturated carbocycles. The van der Waals surface area contributed by atoms with Gasteiger partial charge in [-0.3, -0.25) is 14.4 Å². The molecule has 0 rings (SSSR count). The molecule has 0 aliphatic carbocycles. The number of hydrogen-bond acceptors (Lipinski definition) is 2. The van der Waals surface area contributed by atoms with E-state index in [4.69, 9.17) is 16.9 Å². The van der Waals surface area contributed by atoms with Crippen molar-refractivity contribution in [2.24, 2.45) is 5.92 Å². The fourth-order valence-electron chi connectivity index (χ4n) is 1.23. The summed E-state index contributed by atoms with van der Waals surface area (Å²) in [4.78, 5) is 23.2. The Morgan fingerprint density at radius 2 is 2.08 bits per heavy atom. The zero-order valence-corrected chi connectivity index (χ0v) is 8.30. The predicted octanol–water partition coefficient (Wildman–Crippen LogP) is 1.54. The number of carbonyl (C=O) groups is 2. The van der Waals surface area contributed by atoms with Gasteiger partial charge < -0.3 is 5.11 Å². The zero-order valence-electron chi connectivity index (χ0n) is 7.55. The van der Waals surface area contributed by atoms with Crippen molar-refractivity contribution in [3.8, 4) is 0 Å². The van der Waals surface area contributed by atoms with Gasteiger partial charge in [0.25, 0.3) is 0 Å². The molecule has 0 unspecified atom stereocenters. The monoisotopic (exact) mass is 207 g/mol. The SMILES string of the molecule is CCC[C@@H](CC(=O)O)CC(=O)NCl. The largest absolute Gasteiger partial charge is 0.481 e. The lowest BCUT2D eigenvalue weighted by Gasteiger charge is -2.11. The number of carboxylic acid groups (broad SMARTS) is 1. The van der Waals surface area contributed by atoms with E-state index in [1.807, 2.05) is 11.8 Å². The van der Waals surface area contributed by atoms with Crippen molar-refractivity contribution in [2.75, 3.05) is 0 Å². The lowest BCUT2D eigenvalue weighted by atomic mass is 9.96. The molecule has 0 saturated heterocycles. The lowest BCUT2D eigenvalue weighted by Crippen LogP contribution is -2.19. The van der Waals surface area contributed by atoms with Crippen molar-refractivity contribution in [3.63, 3.8) is 0 Å². The average molecular weight is 208 g/mol. The minimum absolute atomic E-state index is 0.0259. The first kappa shape index (κ1) is 12.2. The maximum atomic E-state index is 10.8. The van der Waals surface area contributed by atoms with Crippen LogP contribution in [-0.2, 0) is 9.59 Å². The summed E-state index contributed by atoms with van der Waals surface area (Å²) < 4.78 is 0. The van der Waals surface area contributed by atoms with Gasteiger partial charge in [0.1, 0.15) is 0 Å². The van der Waals surface area contributed by atoms with E-state index < -0.39 is 5.97 Å². The van der Waals surface area contributed by atoms with Crippen LogP contribution in [-0.4, -0.2) is 17.0 Å². The highest BCUT2D eigenvalue weighted by Crippen LogP contribution is 2.15. The van der Waals surface area contributed by atoms with Crippen LogP contribution >= 0.6 is 11.8 Å². The highest BCUT2D eigenvalue weighted by Gasteiger charge is 2.15. The van der Waals surface area contributed by atoms with Crippen LogP contribution in [0.2, 0.25) is 0 Å². The summed E-state index contributed by atoms with van der Waals surface area (Å²) in [6, 6.07) is 0. The Morgan fingerprint density at radius 3 is 2.46 bits per heavy atom.